The molecule has 2 rings (SSSR count). The van der Waals surface area contributed by atoms with Crippen molar-refractivity contribution < 1.29 is 9.59 Å². The van der Waals surface area contributed by atoms with Crippen molar-refractivity contribution >= 4 is 11.8 Å². The van der Waals surface area contributed by atoms with Crippen molar-refractivity contribution in [3.05, 3.63) is 35.9 Å². The maximum absolute atomic E-state index is 12.7. The van der Waals surface area contributed by atoms with Crippen LogP contribution in [0.2, 0.25) is 0 Å². The van der Waals surface area contributed by atoms with Crippen LogP contribution in [0.5, 0.6) is 0 Å². The van der Waals surface area contributed by atoms with Crippen LogP contribution in [0.3, 0.4) is 0 Å². The molecule has 1 fully saturated rings. The minimum absolute atomic E-state index is 0.155. The van der Waals surface area contributed by atoms with Crippen LogP contribution >= 0.6 is 0 Å². The maximum atomic E-state index is 12.7. The van der Waals surface area contributed by atoms with Gasteiger partial charge in [-0.1, -0.05) is 37.3 Å². The topological polar surface area (TPSA) is 40.6 Å². The van der Waals surface area contributed by atoms with Crippen LogP contribution in [0.15, 0.2) is 30.3 Å². The lowest BCUT2D eigenvalue weighted by Gasteiger charge is -2.29. The van der Waals surface area contributed by atoms with Crippen LogP contribution < -0.4 is 0 Å². The van der Waals surface area contributed by atoms with E-state index in [1.165, 1.54) is 5.56 Å². The first-order valence-electron chi connectivity index (χ1n) is 9.23. The highest BCUT2D eigenvalue weighted by molar-refractivity contribution is 5.79. The number of hydrogen-bond donors (Lipinski definition) is 0. The summed E-state index contributed by atoms with van der Waals surface area (Å²) in [6, 6.07) is 10.3. The Labute approximate surface area is 145 Å². The first-order valence-corrected chi connectivity index (χ1v) is 9.23. The van der Waals surface area contributed by atoms with E-state index in [2.05, 4.69) is 26.0 Å². The lowest BCUT2D eigenvalue weighted by Crippen LogP contribution is -2.41. The summed E-state index contributed by atoms with van der Waals surface area (Å²) in [5.41, 5.74) is 1.18. The summed E-state index contributed by atoms with van der Waals surface area (Å²) >= 11 is 0. The average Bonchev–Trinajstić information content (AvgIpc) is 3.15. The van der Waals surface area contributed by atoms with Gasteiger partial charge in [-0.2, -0.15) is 0 Å². The number of benzene rings is 1. The average molecular weight is 330 g/mol. The van der Waals surface area contributed by atoms with Crippen molar-refractivity contribution in [3.8, 4) is 0 Å². The quantitative estimate of drug-likeness (QED) is 0.734. The van der Waals surface area contributed by atoms with Gasteiger partial charge in [-0.05, 0) is 38.2 Å². The molecule has 0 aliphatic carbocycles. The number of aryl methyl sites for hydroxylation is 1. The van der Waals surface area contributed by atoms with E-state index < -0.39 is 0 Å². The van der Waals surface area contributed by atoms with Gasteiger partial charge in [0, 0.05) is 38.5 Å². The van der Waals surface area contributed by atoms with Gasteiger partial charge in [-0.3, -0.25) is 9.59 Å². The molecular weight excluding hydrogens is 300 g/mol. The first kappa shape index (κ1) is 18.5. The third-order valence-corrected chi connectivity index (χ3v) is 4.94. The predicted octanol–water partition coefficient (Wildman–Crippen LogP) is 3.26. The molecule has 132 valence electrons. The van der Waals surface area contributed by atoms with Crippen LogP contribution in [0.25, 0.3) is 0 Å². The molecule has 1 aliphatic heterocycles. The molecule has 0 spiro atoms. The zero-order valence-electron chi connectivity index (χ0n) is 15.0. The Morgan fingerprint density at radius 1 is 1.12 bits per heavy atom. The van der Waals surface area contributed by atoms with Crippen molar-refractivity contribution in [2.45, 2.75) is 58.4 Å². The molecule has 0 bridgehead atoms. The molecule has 4 nitrogen and oxygen atoms in total. The summed E-state index contributed by atoms with van der Waals surface area (Å²) in [6.07, 6.45) is 4.84. The molecule has 1 heterocycles. The zero-order chi connectivity index (χ0) is 17.4. The van der Waals surface area contributed by atoms with Gasteiger partial charge in [0.05, 0.1) is 0 Å². The van der Waals surface area contributed by atoms with Gasteiger partial charge in [0.25, 0.3) is 0 Å². The van der Waals surface area contributed by atoms with E-state index in [-0.39, 0.29) is 17.9 Å². The molecule has 0 N–H and O–H groups in total. The van der Waals surface area contributed by atoms with Gasteiger partial charge in [0.1, 0.15) is 0 Å². The molecule has 1 aromatic carbocycles. The summed E-state index contributed by atoms with van der Waals surface area (Å²) in [7, 11) is 0. The third-order valence-electron chi connectivity index (χ3n) is 4.94. The van der Waals surface area contributed by atoms with Gasteiger partial charge >= 0.3 is 0 Å². The van der Waals surface area contributed by atoms with Crippen molar-refractivity contribution in [2.24, 2.45) is 0 Å². The SMILES string of the molecule is CCC(C)N(CCC(=O)N1CCCC1)C(=O)CCc1ccccc1. The number of carbonyl (C=O) groups excluding carboxylic acids is 2. The van der Waals surface area contributed by atoms with Crippen molar-refractivity contribution in [3.63, 3.8) is 0 Å². The van der Waals surface area contributed by atoms with E-state index in [1.54, 1.807) is 0 Å². The zero-order valence-corrected chi connectivity index (χ0v) is 15.0. The number of hydrogen-bond acceptors (Lipinski definition) is 2. The van der Waals surface area contributed by atoms with Crippen molar-refractivity contribution in [2.75, 3.05) is 19.6 Å². The van der Waals surface area contributed by atoms with Crippen LogP contribution in [0.1, 0.15) is 51.5 Å². The van der Waals surface area contributed by atoms with Crippen molar-refractivity contribution in [1.29, 1.82) is 0 Å². The van der Waals surface area contributed by atoms with Gasteiger partial charge in [-0.25, -0.2) is 0 Å². The molecule has 0 radical (unpaired) electrons. The molecule has 1 atom stereocenters. The molecule has 1 unspecified atom stereocenters. The molecular formula is C20H30N2O2. The predicted molar refractivity (Wildman–Crippen MR) is 96.7 cm³/mol. The van der Waals surface area contributed by atoms with E-state index in [1.807, 2.05) is 28.0 Å². The first-order chi connectivity index (χ1) is 11.6. The number of likely N-dealkylation sites (tertiary alicyclic amines) is 1. The van der Waals surface area contributed by atoms with Crippen LogP contribution in [-0.4, -0.2) is 47.3 Å². The summed E-state index contributed by atoms with van der Waals surface area (Å²) < 4.78 is 0. The molecule has 1 aliphatic rings. The Morgan fingerprint density at radius 3 is 2.42 bits per heavy atom. The van der Waals surface area contributed by atoms with Gasteiger partial charge in [-0.15, -0.1) is 0 Å². The van der Waals surface area contributed by atoms with Gasteiger partial charge < -0.3 is 9.80 Å². The van der Waals surface area contributed by atoms with Crippen LogP contribution in [0.4, 0.5) is 0 Å². The molecule has 4 heteroatoms. The highest BCUT2D eigenvalue weighted by Crippen LogP contribution is 2.13. The lowest BCUT2D eigenvalue weighted by atomic mass is 10.1. The van der Waals surface area contributed by atoms with E-state index >= 15 is 0 Å². The molecule has 24 heavy (non-hydrogen) atoms. The fourth-order valence-electron chi connectivity index (χ4n) is 3.19. The second kappa shape index (κ2) is 9.45. The highest BCUT2D eigenvalue weighted by Gasteiger charge is 2.22. The van der Waals surface area contributed by atoms with Gasteiger partial charge in [0.2, 0.25) is 11.8 Å². The molecule has 1 aromatic rings. The number of nitrogens with zero attached hydrogens (tertiary/aromatic N) is 2. The van der Waals surface area contributed by atoms with E-state index in [0.29, 0.717) is 19.4 Å². The number of carbonyl (C=O) groups is 2. The molecule has 0 saturated carbocycles. The summed E-state index contributed by atoms with van der Waals surface area (Å²) in [5, 5.41) is 0. The number of rotatable bonds is 8. The maximum Gasteiger partial charge on any atom is 0.224 e. The van der Waals surface area contributed by atoms with E-state index in [4.69, 9.17) is 0 Å². The van der Waals surface area contributed by atoms with Gasteiger partial charge in [0.15, 0.2) is 0 Å². The Kier molecular flexibility index (Phi) is 7.29. The molecule has 0 aromatic heterocycles. The monoisotopic (exact) mass is 330 g/mol. The third kappa shape index (κ3) is 5.36. The van der Waals surface area contributed by atoms with E-state index in [9.17, 15) is 9.59 Å². The summed E-state index contributed by atoms with van der Waals surface area (Å²) in [6.45, 7) is 6.46. The smallest absolute Gasteiger partial charge is 0.224 e. The second-order valence-electron chi connectivity index (χ2n) is 6.67. The Balaban J connectivity index is 1.86. The standard InChI is InChI=1S/C20H30N2O2/c1-3-17(2)22(16-13-19(23)21-14-7-8-15-21)20(24)12-11-18-9-5-4-6-10-18/h4-6,9-10,17H,3,7-8,11-16H2,1-2H3. The minimum atomic E-state index is 0.155. The van der Waals surface area contributed by atoms with Crippen molar-refractivity contribution in [1.82, 2.24) is 9.80 Å². The number of amides is 2. The minimum Gasteiger partial charge on any atom is -0.343 e. The van der Waals surface area contributed by atoms with Crippen LogP contribution in [0, 0.1) is 0 Å². The lowest BCUT2D eigenvalue weighted by molar-refractivity contribution is -0.135. The van der Waals surface area contributed by atoms with Crippen LogP contribution in [-0.2, 0) is 16.0 Å². The molecule has 1 saturated heterocycles. The molecule has 2 amide bonds. The highest BCUT2D eigenvalue weighted by atomic mass is 16.2. The normalized spacial score (nSPS) is 15.3. The fraction of sp³-hybridized carbons (Fsp3) is 0.600. The largest absolute Gasteiger partial charge is 0.343 e. The summed E-state index contributed by atoms with van der Waals surface area (Å²) in [5.74, 6) is 0.346. The fourth-order valence-corrected chi connectivity index (χ4v) is 3.19. The summed E-state index contributed by atoms with van der Waals surface area (Å²) in [4.78, 5) is 28.7. The van der Waals surface area contributed by atoms with E-state index in [0.717, 1.165) is 38.8 Å². The Bertz CT molecular complexity index is 524. The Hall–Kier alpha value is -1.84. The second-order valence-corrected chi connectivity index (χ2v) is 6.67. The Morgan fingerprint density at radius 2 is 1.79 bits per heavy atom.